The summed E-state index contributed by atoms with van der Waals surface area (Å²) < 4.78 is 27.8. The molecule has 3 rings (SSSR count). The van der Waals surface area contributed by atoms with Gasteiger partial charge in [-0.25, -0.2) is 13.1 Å². The van der Waals surface area contributed by atoms with Gasteiger partial charge in [0.15, 0.2) is 0 Å². The molecule has 0 spiro atoms. The average molecular weight is 380 g/mol. The molecule has 2 fully saturated rings. The van der Waals surface area contributed by atoms with E-state index >= 15 is 0 Å². The van der Waals surface area contributed by atoms with Crippen LogP contribution in [0.5, 0.6) is 0 Å². The molecule has 7 nitrogen and oxygen atoms in total. The number of hydrogen-bond donors (Lipinski definition) is 3. The van der Waals surface area contributed by atoms with Gasteiger partial charge in [-0.15, -0.1) is 0 Å². The zero-order valence-corrected chi connectivity index (χ0v) is 15.3. The number of rotatable bonds is 6. The number of carbonyl (C=O) groups is 2. The van der Waals surface area contributed by atoms with Crippen LogP contribution in [-0.2, 0) is 14.8 Å². The van der Waals surface area contributed by atoms with Crippen LogP contribution >= 0.6 is 0 Å². The maximum atomic E-state index is 12.5. The van der Waals surface area contributed by atoms with Crippen LogP contribution in [0.4, 0.5) is 0 Å². The van der Waals surface area contributed by atoms with Crippen molar-refractivity contribution in [2.24, 2.45) is 5.92 Å². The summed E-state index contributed by atoms with van der Waals surface area (Å²) in [6, 6.07) is 5.40. The number of amides is 1. The second-order valence-corrected chi connectivity index (χ2v) is 8.80. The molecule has 0 bridgehead atoms. The van der Waals surface area contributed by atoms with Crippen molar-refractivity contribution < 1.29 is 23.1 Å². The molecule has 1 aromatic rings. The van der Waals surface area contributed by atoms with E-state index in [0.29, 0.717) is 12.8 Å². The summed E-state index contributed by atoms with van der Waals surface area (Å²) in [6.45, 7) is 0. The van der Waals surface area contributed by atoms with Gasteiger partial charge in [0.2, 0.25) is 10.0 Å². The number of aliphatic carboxylic acids is 1. The van der Waals surface area contributed by atoms with Crippen molar-refractivity contribution in [3.8, 4) is 0 Å². The van der Waals surface area contributed by atoms with Crippen molar-refractivity contribution in [3.05, 3.63) is 29.8 Å². The van der Waals surface area contributed by atoms with Crippen LogP contribution in [0.25, 0.3) is 0 Å². The van der Waals surface area contributed by atoms with Gasteiger partial charge in [-0.3, -0.25) is 9.59 Å². The van der Waals surface area contributed by atoms with Gasteiger partial charge < -0.3 is 10.4 Å². The molecule has 26 heavy (non-hydrogen) atoms. The lowest BCUT2D eigenvalue weighted by Crippen LogP contribution is -2.40. The molecule has 1 amide bonds. The molecule has 0 heterocycles. The molecule has 0 saturated heterocycles. The van der Waals surface area contributed by atoms with Crippen molar-refractivity contribution in [1.29, 1.82) is 0 Å². The Kier molecular flexibility index (Phi) is 5.62. The van der Waals surface area contributed by atoms with E-state index in [2.05, 4.69) is 10.0 Å². The van der Waals surface area contributed by atoms with E-state index in [1.54, 1.807) is 0 Å². The Morgan fingerprint density at radius 3 is 2.46 bits per heavy atom. The predicted molar refractivity (Wildman–Crippen MR) is 95.3 cm³/mol. The molecular weight excluding hydrogens is 356 g/mol. The Labute approximate surface area is 153 Å². The Morgan fingerprint density at radius 2 is 1.77 bits per heavy atom. The molecule has 1 aromatic carbocycles. The van der Waals surface area contributed by atoms with Crippen LogP contribution in [0.15, 0.2) is 29.2 Å². The van der Waals surface area contributed by atoms with Gasteiger partial charge in [-0.2, -0.15) is 0 Å². The fraction of sp³-hybridized carbons (Fsp3) is 0.556. The maximum absolute atomic E-state index is 12.5. The Morgan fingerprint density at radius 1 is 1.04 bits per heavy atom. The van der Waals surface area contributed by atoms with E-state index in [1.165, 1.54) is 24.3 Å². The number of nitrogens with one attached hydrogen (secondary N) is 2. The summed E-state index contributed by atoms with van der Waals surface area (Å²) >= 11 is 0. The van der Waals surface area contributed by atoms with Crippen LogP contribution in [0.1, 0.15) is 55.3 Å². The highest BCUT2D eigenvalue weighted by Crippen LogP contribution is 2.26. The number of carboxylic acid groups (broad SMARTS) is 1. The molecule has 0 unspecified atom stereocenters. The molecule has 2 saturated carbocycles. The van der Waals surface area contributed by atoms with E-state index in [1.807, 2.05) is 0 Å². The SMILES string of the molecule is O=C(N[C@H]1CCC[C@H]1C(=O)O)c1cccc(S(=O)(=O)NC2CCCC2)c1. The van der Waals surface area contributed by atoms with E-state index in [0.717, 1.165) is 32.1 Å². The summed E-state index contributed by atoms with van der Waals surface area (Å²) in [6.07, 6.45) is 5.60. The van der Waals surface area contributed by atoms with Crippen molar-refractivity contribution in [2.45, 2.75) is 61.9 Å². The third kappa shape index (κ3) is 4.24. The first-order chi connectivity index (χ1) is 12.4. The number of carbonyl (C=O) groups excluding carboxylic acids is 1. The zero-order chi connectivity index (χ0) is 18.7. The zero-order valence-electron chi connectivity index (χ0n) is 14.5. The van der Waals surface area contributed by atoms with Crippen molar-refractivity contribution >= 4 is 21.9 Å². The number of sulfonamides is 1. The minimum Gasteiger partial charge on any atom is -0.481 e. The molecule has 3 N–H and O–H groups in total. The largest absolute Gasteiger partial charge is 0.481 e. The molecule has 0 aromatic heterocycles. The van der Waals surface area contributed by atoms with Crippen LogP contribution in [-0.4, -0.2) is 37.5 Å². The summed E-state index contributed by atoms with van der Waals surface area (Å²) in [5, 5.41) is 12.0. The third-order valence-corrected chi connectivity index (χ3v) is 6.75. The van der Waals surface area contributed by atoms with Gasteiger partial charge in [-0.05, 0) is 43.9 Å². The van der Waals surface area contributed by atoms with Crippen LogP contribution in [0.3, 0.4) is 0 Å². The van der Waals surface area contributed by atoms with Gasteiger partial charge in [0.25, 0.3) is 5.91 Å². The van der Waals surface area contributed by atoms with Crippen LogP contribution < -0.4 is 10.0 Å². The molecule has 0 radical (unpaired) electrons. The maximum Gasteiger partial charge on any atom is 0.308 e. The third-order valence-electron chi connectivity index (χ3n) is 5.23. The molecule has 142 valence electrons. The lowest BCUT2D eigenvalue weighted by molar-refractivity contribution is -0.142. The van der Waals surface area contributed by atoms with Crippen LogP contribution in [0.2, 0.25) is 0 Å². The quantitative estimate of drug-likeness (QED) is 0.698. The smallest absolute Gasteiger partial charge is 0.308 e. The second-order valence-electron chi connectivity index (χ2n) is 7.09. The standard InChI is InChI=1S/C18H24N2O5S/c21-17(19-16-10-4-9-15(16)18(22)23)12-5-3-8-14(11-12)26(24,25)20-13-6-1-2-7-13/h3,5,8,11,13,15-16,20H,1-2,4,6-7,9-10H2,(H,19,21)(H,22,23)/t15-,16+/m1/s1. The highest BCUT2D eigenvalue weighted by atomic mass is 32.2. The average Bonchev–Trinajstić information content (AvgIpc) is 3.26. The molecule has 2 aliphatic rings. The number of benzene rings is 1. The van der Waals surface area contributed by atoms with E-state index in [4.69, 9.17) is 0 Å². The van der Waals surface area contributed by atoms with Gasteiger partial charge in [0, 0.05) is 17.6 Å². The van der Waals surface area contributed by atoms with E-state index < -0.39 is 33.9 Å². The normalized spacial score (nSPS) is 23.8. The van der Waals surface area contributed by atoms with Crippen molar-refractivity contribution in [1.82, 2.24) is 10.0 Å². The number of carboxylic acids is 1. The van der Waals surface area contributed by atoms with Gasteiger partial charge in [-0.1, -0.05) is 25.3 Å². The summed E-state index contributed by atoms with van der Waals surface area (Å²) in [7, 11) is -3.68. The first-order valence-electron chi connectivity index (χ1n) is 9.03. The van der Waals surface area contributed by atoms with Gasteiger partial charge in [0.1, 0.15) is 0 Å². The molecule has 0 aliphatic heterocycles. The van der Waals surface area contributed by atoms with Crippen molar-refractivity contribution in [3.63, 3.8) is 0 Å². The fourth-order valence-corrected chi connectivity index (χ4v) is 5.17. The van der Waals surface area contributed by atoms with Crippen LogP contribution in [0, 0.1) is 5.92 Å². The monoisotopic (exact) mass is 380 g/mol. The number of hydrogen-bond acceptors (Lipinski definition) is 4. The first kappa shape index (κ1) is 18.8. The highest BCUT2D eigenvalue weighted by molar-refractivity contribution is 7.89. The summed E-state index contributed by atoms with van der Waals surface area (Å²) in [5.41, 5.74) is 0.218. The predicted octanol–water partition coefficient (Wildman–Crippen LogP) is 1.89. The van der Waals surface area contributed by atoms with Gasteiger partial charge in [0.05, 0.1) is 10.8 Å². The highest BCUT2D eigenvalue weighted by Gasteiger charge is 2.34. The molecule has 2 aliphatic carbocycles. The molecular formula is C18H24N2O5S. The lowest BCUT2D eigenvalue weighted by atomic mass is 10.0. The Bertz CT molecular complexity index is 787. The molecule has 2 atom stereocenters. The summed E-state index contributed by atoms with van der Waals surface area (Å²) in [4.78, 5) is 23.8. The van der Waals surface area contributed by atoms with E-state index in [9.17, 15) is 23.1 Å². The molecule has 8 heteroatoms. The second kappa shape index (κ2) is 7.75. The van der Waals surface area contributed by atoms with Crippen molar-refractivity contribution in [2.75, 3.05) is 0 Å². The fourth-order valence-electron chi connectivity index (χ4n) is 3.82. The lowest BCUT2D eigenvalue weighted by Gasteiger charge is -2.18. The minimum absolute atomic E-state index is 0.0488. The van der Waals surface area contributed by atoms with E-state index in [-0.39, 0.29) is 16.5 Å². The topological polar surface area (TPSA) is 113 Å². The summed E-state index contributed by atoms with van der Waals surface area (Å²) in [5.74, 6) is -1.94. The first-order valence-corrected chi connectivity index (χ1v) is 10.5. The van der Waals surface area contributed by atoms with Gasteiger partial charge >= 0.3 is 5.97 Å². The Hall–Kier alpha value is -1.93. The minimum atomic E-state index is -3.68. The Balaban J connectivity index is 1.72.